The predicted molar refractivity (Wildman–Crippen MR) is 64.5 cm³/mol. The van der Waals surface area contributed by atoms with E-state index >= 15 is 0 Å². The molecule has 2 rings (SSSR count). The third kappa shape index (κ3) is 2.73. The highest BCUT2D eigenvalue weighted by atomic mass is 19.4. The summed E-state index contributed by atoms with van der Waals surface area (Å²) < 4.78 is 37.7. The van der Waals surface area contributed by atoms with Crippen LogP contribution in [0.1, 0.15) is 34.3 Å². The van der Waals surface area contributed by atoms with Crippen LogP contribution in [0.3, 0.4) is 0 Å². The number of halogens is 3. The van der Waals surface area contributed by atoms with Crippen LogP contribution in [0.4, 0.5) is 13.2 Å². The average molecular weight is 267 g/mol. The van der Waals surface area contributed by atoms with E-state index in [1.807, 2.05) is 0 Å². The van der Waals surface area contributed by atoms with Crippen molar-refractivity contribution in [1.29, 1.82) is 0 Å². The molecule has 2 nitrogen and oxygen atoms in total. The number of hydrogen-bond acceptors (Lipinski definition) is 1. The van der Waals surface area contributed by atoms with Gasteiger partial charge in [-0.3, -0.25) is 4.79 Å². The summed E-state index contributed by atoms with van der Waals surface area (Å²) in [6.07, 6.45) is 2.59. The zero-order valence-corrected chi connectivity index (χ0v) is 10.3. The minimum absolute atomic E-state index is 0.0210. The molecule has 5 heteroatoms. The Bertz CT molecular complexity index is 553. The van der Waals surface area contributed by atoms with Gasteiger partial charge in [-0.05, 0) is 31.0 Å². The minimum atomic E-state index is -4.46. The summed E-state index contributed by atoms with van der Waals surface area (Å²) in [5.41, 5.74) is -0.719. The number of carbonyl (C=O) groups is 1. The van der Waals surface area contributed by atoms with Gasteiger partial charge in [-0.25, -0.2) is 0 Å². The molecule has 0 aliphatic heterocycles. The maximum Gasteiger partial charge on any atom is 0.416 e. The van der Waals surface area contributed by atoms with Crippen molar-refractivity contribution < 1.29 is 18.0 Å². The smallest absolute Gasteiger partial charge is 0.339 e. The zero-order valence-electron chi connectivity index (χ0n) is 10.3. The fraction of sp³-hybridized carbons (Fsp3) is 0.357. The Morgan fingerprint density at radius 1 is 1.42 bits per heavy atom. The van der Waals surface area contributed by atoms with Crippen molar-refractivity contribution >= 4 is 5.91 Å². The number of nitrogens with zero attached hydrogens (tertiary/aromatic N) is 1. The lowest BCUT2D eigenvalue weighted by Crippen LogP contribution is -2.29. The van der Waals surface area contributed by atoms with E-state index in [1.165, 1.54) is 4.90 Å². The van der Waals surface area contributed by atoms with Crippen LogP contribution < -0.4 is 0 Å². The van der Waals surface area contributed by atoms with E-state index in [-0.39, 0.29) is 23.1 Å². The van der Waals surface area contributed by atoms with Crippen molar-refractivity contribution in [3.05, 3.63) is 34.9 Å². The third-order valence-corrected chi connectivity index (χ3v) is 3.15. The van der Waals surface area contributed by atoms with Gasteiger partial charge >= 0.3 is 6.18 Å². The topological polar surface area (TPSA) is 20.3 Å². The number of amides is 1. The molecule has 0 aromatic heterocycles. The summed E-state index contributed by atoms with van der Waals surface area (Å²) in [6, 6.07) is 3.06. The second-order valence-corrected chi connectivity index (χ2v) is 4.55. The van der Waals surface area contributed by atoms with Crippen LogP contribution in [0.15, 0.2) is 18.2 Å². The summed E-state index contributed by atoms with van der Waals surface area (Å²) in [5, 5.41) is 0. The number of benzene rings is 1. The number of hydrogen-bond donors (Lipinski definition) is 0. The standard InChI is InChI=1S/C14H12F3NO/c1-3-9-8-10(14(15,16)17)4-7-12(9)13(19)18(2)11-5-6-11/h1,4,7-8,11H,5-6H2,2H3. The molecule has 0 N–H and O–H groups in total. The Kier molecular flexibility index (Phi) is 3.27. The average Bonchev–Trinajstić information content (AvgIpc) is 3.19. The van der Waals surface area contributed by atoms with Gasteiger partial charge in [0.15, 0.2) is 0 Å². The second-order valence-electron chi connectivity index (χ2n) is 4.55. The van der Waals surface area contributed by atoms with E-state index < -0.39 is 11.7 Å². The molecule has 1 aromatic carbocycles. The molecule has 0 heterocycles. The summed E-state index contributed by atoms with van der Waals surface area (Å²) in [5.74, 6) is 1.83. The quantitative estimate of drug-likeness (QED) is 0.754. The molecule has 1 aromatic rings. The van der Waals surface area contributed by atoms with Crippen molar-refractivity contribution in [1.82, 2.24) is 4.90 Å². The Labute approximate surface area is 109 Å². The number of terminal acetylenes is 1. The Hall–Kier alpha value is -1.96. The van der Waals surface area contributed by atoms with E-state index in [0.29, 0.717) is 0 Å². The first-order valence-corrected chi connectivity index (χ1v) is 5.79. The van der Waals surface area contributed by atoms with Crippen molar-refractivity contribution in [2.45, 2.75) is 25.1 Å². The second kappa shape index (κ2) is 4.61. The maximum atomic E-state index is 12.6. The lowest BCUT2D eigenvalue weighted by molar-refractivity contribution is -0.137. The summed E-state index contributed by atoms with van der Waals surface area (Å²) >= 11 is 0. The summed E-state index contributed by atoms with van der Waals surface area (Å²) in [4.78, 5) is 13.6. The molecule has 1 aliphatic rings. The molecule has 0 saturated heterocycles. The molecule has 0 radical (unpaired) electrons. The zero-order chi connectivity index (χ0) is 14.2. The fourth-order valence-corrected chi connectivity index (χ4v) is 1.84. The highest BCUT2D eigenvalue weighted by molar-refractivity contribution is 5.97. The van der Waals surface area contributed by atoms with Crippen LogP contribution in [0.25, 0.3) is 0 Å². The molecule has 1 amide bonds. The first-order chi connectivity index (χ1) is 8.84. The van der Waals surface area contributed by atoms with E-state index in [4.69, 9.17) is 6.42 Å². The molecule has 0 unspecified atom stereocenters. The molecular weight excluding hydrogens is 255 g/mol. The van der Waals surface area contributed by atoms with Crippen molar-refractivity contribution in [3.63, 3.8) is 0 Å². The van der Waals surface area contributed by atoms with Crippen LogP contribution in [0.2, 0.25) is 0 Å². The molecule has 0 spiro atoms. The van der Waals surface area contributed by atoms with E-state index in [0.717, 1.165) is 31.0 Å². The molecule has 0 bridgehead atoms. The fourth-order valence-electron chi connectivity index (χ4n) is 1.84. The van der Waals surface area contributed by atoms with Gasteiger partial charge in [0, 0.05) is 18.7 Å². The lowest BCUT2D eigenvalue weighted by atomic mass is 10.0. The SMILES string of the molecule is C#Cc1cc(C(F)(F)F)ccc1C(=O)N(C)C1CC1. The Morgan fingerprint density at radius 3 is 2.53 bits per heavy atom. The van der Waals surface area contributed by atoms with Crippen LogP contribution in [-0.4, -0.2) is 23.9 Å². The molecule has 19 heavy (non-hydrogen) atoms. The lowest BCUT2D eigenvalue weighted by Gasteiger charge is -2.18. The van der Waals surface area contributed by atoms with E-state index in [1.54, 1.807) is 7.05 Å². The van der Waals surface area contributed by atoms with Gasteiger partial charge < -0.3 is 4.90 Å². The first-order valence-electron chi connectivity index (χ1n) is 5.79. The van der Waals surface area contributed by atoms with Gasteiger partial charge in [0.05, 0.1) is 11.1 Å². The maximum absolute atomic E-state index is 12.6. The van der Waals surface area contributed by atoms with Gasteiger partial charge in [-0.2, -0.15) is 13.2 Å². The van der Waals surface area contributed by atoms with E-state index in [2.05, 4.69) is 5.92 Å². The molecule has 1 aliphatic carbocycles. The monoisotopic (exact) mass is 267 g/mol. The van der Waals surface area contributed by atoms with Gasteiger partial charge in [0.25, 0.3) is 5.91 Å². The molecule has 0 atom stereocenters. The normalized spacial score (nSPS) is 14.9. The Morgan fingerprint density at radius 2 is 2.05 bits per heavy atom. The van der Waals surface area contributed by atoms with Gasteiger partial charge in [0.1, 0.15) is 0 Å². The highest BCUT2D eigenvalue weighted by Crippen LogP contribution is 2.32. The van der Waals surface area contributed by atoms with Gasteiger partial charge in [0.2, 0.25) is 0 Å². The van der Waals surface area contributed by atoms with Crippen LogP contribution in [0, 0.1) is 12.3 Å². The van der Waals surface area contributed by atoms with Crippen LogP contribution in [-0.2, 0) is 6.18 Å². The largest absolute Gasteiger partial charge is 0.416 e. The van der Waals surface area contributed by atoms with Crippen molar-refractivity contribution in [3.8, 4) is 12.3 Å². The number of rotatable bonds is 2. The number of alkyl halides is 3. The molecule has 1 fully saturated rings. The van der Waals surface area contributed by atoms with E-state index in [9.17, 15) is 18.0 Å². The third-order valence-electron chi connectivity index (χ3n) is 3.15. The molecule has 1 saturated carbocycles. The van der Waals surface area contributed by atoms with Gasteiger partial charge in [-0.1, -0.05) is 5.92 Å². The van der Waals surface area contributed by atoms with Crippen LogP contribution in [0.5, 0.6) is 0 Å². The summed E-state index contributed by atoms with van der Waals surface area (Å²) in [6.45, 7) is 0. The van der Waals surface area contributed by atoms with Gasteiger partial charge in [-0.15, -0.1) is 6.42 Å². The highest BCUT2D eigenvalue weighted by Gasteiger charge is 2.33. The van der Waals surface area contributed by atoms with Crippen molar-refractivity contribution in [2.75, 3.05) is 7.05 Å². The minimum Gasteiger partial charge on any atom is -0.339 e. The first kappa shape index (κ1) is 13.5. The molecule has 100 valence electrons. The van der Waals surface area contributed by atoms with Crippen molar-refractivity contribution in [2.24, 2.45) is 0 Å². The summed E-state index contributed by atoms with van der Waals surface area (Å²) in [7, 11) is 1.64. The Balaban J connectivity index is 2.36. The van der Waals surface area contributed by atoms with Crippen LogP contribution >= 0.6 is 0 Å². The predicted octanol–water partition coefficient (Wildman–Crippen LogP) is 2.92. The number of carbonyl (C=O) groups excluding carboxylic acids is 1. The molecular formula is C14H12F3NO.